The molecule has 0 saturated carbocycles. The topological polar surface area (TPSA) is 23.5 Å². The van der Waals surface area contributed by atoms with Crippen molar-refractivity contribution in [1.29, 1.82) is 0 Å². The van der Waals surface area contributed by atoms with Gasteiger partial charge in [0.2, 0.25) is 0 Å². The van der Waals surface area contributed by atoms with E-state index in [2.05, 4.69) is 0 Å². The van der Waals surface area contributed by atoms with Gasteiger partial charge < -0.3 is 10.0 Å². The number of hydrogen-bond donors (Lipinski definition) is 1. The fraction of sp³-hybridized carbons (Fsp3) is 0.333. The predicted octanol–water partition coefficient (Wildman–Crippen LogP) is 0.887. The molecule has 1 heterocycles. The normalized spacial score (nSPS) is 26.3. The van der Waals surface area contributed by atoms with E-state index in [4.69, 9.17) is 16.7 Å². The second kappa shape index (κ2) is 2.42. The molecule has 0 saturated heterocycles. The molecule has 0 aromatic rings. The molecule has 0 radical (unpaired) electrons. The summed E-state index contributed by atoms with van der Waals surface area (Å²) in [6, 6.07) is 0. The Morgan fingerprint density at radius 1 is 1.78 bits per heavy atom. The molecule has 0 fully saturated rings. The van der Waals surface area contributed by atoms with Crippen LogP contribution >= 0.6 is 11.6 Å². The van der Waals surface area contributed by atoms with Gasteiger partial charge in [-0.05, 0) is 12.2 Å². The van der Waals surface area contributed by atoms with Gasteiger partial charge in [0.1, 0.15) is 0 Å². The molecule has 50 valence electrons. The van der Waals surface area contributed by atoms with Gasteiger partial charge in [-0.3, -0.25) is 0 Å². The van der Waals surface area contributed by atoms with E-state index in [1.807, 2.05) is 0 Å². The summed E-state index contributed by atoms with van der Waals surface area (Å²) in [6.45, 7) is 0. The van der Waals surface area contributed by atoms with Crippen molar-refractivity contribution in [1.82, 2.24) is 4.90 Å². The average Bonchev–Trinajstić information content (AvgIpc) is 1.83. The Labute approximate surface area is 59.0 Å². The van der Waals surface area contributed by atoms with Crippen molar-refractivity contribution >= 4 is 11.6 Å². The number of halogens is 1. The lowest BCUT2D eigenvalue weighted by molar-refractivity contribution is 0.0929. The van der Waals surface area contributed by atoms with E-state index in [1.165, 1.54) is 0 Å². The molecular formula is C6H8ClNO. The summed E-state index contributed by atoms with van der Waals surface area (Å²) >= 11 is 5.58. The van der Waals surface area contributed by atoms with Crippen LogP contribution in [0.25, 0.3) is 0 Å². The van der Waals surface area contributed by atoms with E-state index >= 15 is 0 Å². The molecule has 2 nitrogen and oxygen atoms in total. The zero-order valence-corrected chi connectivity index (χ0v) is 5.84. The molecule has 1 N–H and O–H groups in total. The Hall–Kier alpha value is -0.470. The first kappa shape index (κ1) is 6.65. The Bertz CT molecular complexity index is 164. The Morgan fingerprint density at radius 3 is 2.89 bits per heavy atom. The summed E-state index contributed by atoms with van der Waals surface area (Å²) in [5.74, 6) is 0. The molecule has 1 rings (SSSR count). The molecule has 0 bridgehead atoms. The van der Waals surface area contributed by atoms with E-state index < -0.39 is 6.23 Å². The molecule has 9 heavy (non-hydrogen) atoms. The lowest BCUT2D eigenvalue weighted by Crippen LogP contribution is -2.28. The number of rotatable bonds is 0. The van der Waals surface area contributed by atoms with Gasteiger partial charge in [0, 0.05) is 13.2 Å². The van der Waals surface area contributed by atoms with Crippen LogP contribution in [0.15, 0.2) is 23.4 Å². The second-order valence-corrected chi connectivity index (χ2v) is 2.37. The van der Waals surface area contributed by atoms with Crippen molar-refractivity contribution < 1.29 is 5.11 Å². The number of nitrogens with zero attached hydrogens (tertiary/aromatic N) is 1. The van der Waals surface area contributed by atoms with Gasteiger partial charge >= 0.3 is 0 Å². The predicted molar refractivity (Wildman–Crippen MR) is 36.8 cm³/mol. The number of aliphatic hydroxyl groups excluding tert-OH is 1. The highest BCUT2D eigenvalue weighted by molar-refractivity contribution is 6.30. The van der Waals surface area contributed by atoms with Gasteiger partial charge in [-0.15, -0.1) is 0 Å². The van der Waals surface area contributed by atoms with Gasteiger partial charge in [-0.25, -0.2) is 0 Å². The third-order valence-corrected chi connectivity index (χ3v) is 1.53. The Morgan fingerprint density at radius 2 is 2.44 bits per heavy atom. The SMILES string of the molecule is CN1C=CC=C(Cl)C1O. The first-order chi connectivity index (χ1) is 4.22. The molecule has 1 unspecified atom stereocenters. The van der Waals surface area contributed by atoms with Crippen molar-refractivity contribution in [2.24, 2.45) is 0 Å². The van der Waals surface area contributed by atoms with Crippen LogP contribution in [0, 0.1) is 0 Å². The van der Waals surface area contributed by atoms with Crippen LogP contribution in [0.5, 0.6) is 0 Å². The standard InChI is InChI=1S/C6H8ClNO/c1-8-4-2-3-5(7)6(8)9/h2-4,6,9H,1H3. The zero-order valence-electron chi connectivity index (χ0n) is 5.08. The maximum atomic E-state index is 9.12. The van der Waals surface area contributed by atoms with E-state index in [0.29, 0.717) is 5.03 Å². The quantitative estimate of drug-likeness (QED) is 0.547. The Kier molecular flexibility index (Phi) is 1.78. The number of allylic oxidation sites excluding steroid dienone is 2. The average molecular weight is 146 g/mol. The van der Waals surface area contributed by atoms with Gasteiger partial charge in [0.15, 0.2) is 6.23 Å². The van der Waals surface area contributed by atoms with Crippen molar-refractivity contribution in [3.05, 3.63) is 23.4 Å². The molecule has 0 spiro atoms. The van der Waals surface area contributed by atoms with E-state index in [-0.39, 0.29) is 0 Å². The largest absolute Gasteiger partial charge is 0.368 e. The van der Waals surface area contributed by atoms with Gasteiger partial charge in [0.05, 0.1) is 5.03 Å². The molecule has 0 aromatic carbocycles. The molecule has 0 aliphatic carbocycles. The number of likely N-dealkylation sites (N-methyl/N-ethyl adjacent to an activating group) is 1. The van der Waals surface area contributed by atoms with Crippen molar-refractivity contribution in [3.63, 3.8) is 0 Å². The minimum atomic E-state index is -0.656. The van der Waals surface area contributed by atoms with Crippen LogP contribution < -0.4 is 0 Å². The van der Waals surface area contributed by atoms with Gasteiger partial charge in [-0.2, -0.15) is 0 Å². The highest BCUT2D eigenvalue weighted by Crippen LogP contribution is 2.15. The van der Waals surface area contributed by atoms with Crippen LogP contribution in [-0.4, -0.2) is 23.3 Å². The third-order valence-electron chi connectivity index (χ3n) is 1.21. The molecule has 0 aromatic heterocycles. The van der Waals surface area contributed by atoms with Crippen LogP contribution in [0.3, 0.4) is 0 Å². The summed E-state index contributed by atoms with van der Waals surface area (Å²) in [5.41, 5.74) is 0. The zero-order chi connectivity index (χ0) is 6.85. The summed E-state index contributed by atoms with van der Waals surface area (Å²) in [7, 11) is 1.76. The van der Waals surface area contributed by atoms with E-state index in [9.17, 15) is 0 Å². The minimum absolute atomic E-state index is 0.458. The monoisotopic (exact) mass is 145 g/mol. The smallest absolute Gasteiger partial charge is 0.163 e. The molecule has 3 heteroatoms. The lowest BCUT2D eigenvalue weighted by atomic mass is 10.3. The highest BCUT2D eigenvalue weighted by atomic mass is 35.5. The van der Waals surface area contributed by atoms with Crippen LogP contribution in [0.1, 0.15) is 0 Å². The highest BCUT2D eigenvalue weighted by Gasteiger charge is 2.12. The Balaban J connectivity index is 2.73. The summed E-state index contributed by atoms with van der Waals surface area (Å²) in [5, 5.41) is 9.58. The molecule has 1 atom stereocenters. The first-order valence-corrected chi connectivity index (χ1v) is 3.03. The maximum absolute atomic E-state index is 9.12. The summed E-state index contributed by atoms with van der Waals surface area (Å²) < 4.78 is 0. The van der Waals surface area contributed by atoms with E-state index in [0.717, 1.165) is 0 Å². The second-order valence-electron chi connectivity index (χ2n) is 1.93. The van der Waals surface area contributed by atoms with Crippen molar-refractivity contribution in [3.8, 4) is 0 Å². The minimum Gasteiger partial charge on any atom is -0.368 e. The van der Waals surface area contributed by atoms with E-state index in [1.54, 1.807) is 30.3 Å². The molecule has 1 aliphatic heterocycles. The fourth-order valence-corrected chi connectivity index (χ4v) is 0.860. The third kappa shape index (κ3) is 1.26. The summed E-state index contributed by atoms with van der Waals surface area (Å²) in [4.78, 5) is 1.63. The molecule has 0 amide bonds. The first-order valence-electron chi connectivity index (χ1n) is 2.65. The number of aliphatic hydroxyl groups is 1. The van der Waals surface area contributed by atoms with Gasteiger partial charge in [0.25, 0.3) is 0 Å². The summed E-state index contributed by atoms with van der Waals surface area (Å²) in [6.07, 6.45) is 4.56. The fourth-order valence-electron chi connectivity index (χ4n) is 0.633. The lowest BCUT2D eigenvalue weighted by Gasteiger charge is -2.23. The van der Waals surface area contributed by atoms with Crippen molar-refractivity contribution in [2.75, 3.05) is 7.05 Å². The molecular weight excluding hydrogens is 138 g/mol. The maximum Gasteiger partial charge on any atom is 0.163 e. The van der Waals surface area contributed by atoms with Gasteiger partial charge in [-0.1, -0.05) is 11.6 Å². The van der Waals surface area contributed by atoms with Crippen LogP contribution in [0.4, 0.5) is 0 Å². The molecule has 1 aliphatic rings. The van der Waals surface area contributed by atoms with Crippen LogP contribution in [0.2, 0.25) is 0 Å². The number of hydrogen-bond acceptors (Lipinski definition) is 2. The van der Waals surface area contributed by atoms with Crippen LogP contribution in [-0.2, 0) is 0 Å². The van der Waals surface area contributed by atoms with Crippen molar-refractivity contribution in [2.45, 2.75) is 6.23 Å².